The lowest BCUT2D eigenvalue weighted by Crippen LogP contribution is -2.56. The molecule has 1 aromatic carbocycles. The van der Waals surface area contributed by atoms with E-state index in [4.69, 9.17) is 4.74 Å². The van der Waals surface area contributed by atoms with Gasteiger partial charge in [0.05, 0.1) is 0 Å². The number of carbonyl (C=O) groups excluding carboxylic acids is 1. The van der Waals surface area contributed by atoms with Gasteiger partial charge in [-0.3, -0.25) is 0 Å². The van der Waals surface area contributed by atoms with Crippen molar-refractivity contribution in [2.45, 2.75) is 44.8 Å². The van der Waals surface area contributed by atoms with E-state index in [1.54, 1.807) is 0 Å². The van der Waals surface area contributed by atoms with Crippen molar-refractivity contribution in [3.05, 3.63) is 35.9 Å². The minimum atomic E-state index is -1.19. The number of carboxylic acid groups (broad SMARTS) is 1. The molecule has 0 aromatic heterocycles. The van der Waals surface area contributed by atoms with E-state index < -0.39 is 17.6 Å². The van der Waals surface area contributed by atoms with Crippen LogP contribution in [0, 0.1) is 5.92 Å². The second-order valence-corrected chi connectivity index (χ2v) is 5.78. The van der Waals surface area contributed by atoms with E-state index in [0.29, 0.717) is 12.8 Å². The number of alkyl carbamates (subject to hydrolysis) is 1. The predicted octanol–water partition coefficient (Wildman–Crippen LogP) is 2.95. The Bertz CT molecular complexity index is 502. The summed E-state index contributed by atoms with van der Waals surface area (Å²) < 4.78 is 5.13. The highest BCUT2D eigenvalue weighted by Crippen LogP contribution is 2.32. The average molecular weight is 291 g/mol. The van der Waals surface area contributed by atoms with Crippen LogP contribution in [0.15, 0.2) is 30.3 Å². The third-order valence-corrected chi connectivity index (χ3v) is 3.96. The Morgan fingerprint density at radius 2 is 2.10 bits per heavy atom. The third kappa shape index (κ3) is 3.97. The molecule has 1 aliphatic carbocycles. The van der Waals surface area contributed by atoms with Crippen molar-refractivity contribution in [3.8, 4) is 0 Å². The number of carboxylic acids is 1. The monoisotopic (exact) mass is 291 g/mol. The Morgan fingerprint density at radius 1 is 1.38 bits per heavy atom. The predicted molar refractivity (Wildman–Crippen MR) is 77.8 cm³/mol. The van der Waals surface area contributed by atoms with Crippen LogP contribution >= 0.6 is 0 Å². The van der Waals surface area contributed by atoms with Crippen molar-refractivity contribution in [1.29, 1.82) is 0 Å². The van der Waals surface area contributed by atoms with Crippen LogP contribution in [0.2, 0.25) is 0 Å². The fraction of sp³-hybridized carbons (Fsp3) is 0.500. The lowest BCUT2D eigenvalue weighted by atomic mass is 9.76. The third-order valence-electron chi connectivity index (χ3n) is 3.96. The summed E-state index contributed by atoms with van der Waals surface area (Å²) in [6, 6.07) is 9.30. The standard InChI is InChI=1S/C16H21NO4/c1-12-6-5-9-16(10-12,14(18)19)17-15(20)21-11-13-7-3-2-4-8-13/h2-4,7-8,12H,5-6,9-11H2,1H3,(H,17,20)(H,18,19)/t12-,16+/m1/s1. The lowest BCUT2D eigenvalue weighted by molar-refractivity contribution is -0.146. The van der Waals surface area contributed by atoms with Gasteiger partial charge in [0, 0.05) is 0 Å². The Labute approximate surface area is 124 Å². The molecule has 2 atom stereocenters. The van der Waals surface area contributed by atoms with Crippen molar-refractivity contribution in [3.63, 3.8) is 0 Å². The Balaban J connectivity index is 1.94. The maximum atomic E-state index is 11.9. The number of amides is 1. The van der Waals surface area contributed by atoms with E-state index in [0.717, 1.165) is 18.4 Å². The fourth-order valence-corrected chi connectivity index (χ4v) is 2.87. The van der Waals surface area contributed by atoms with Gasteiger partial charge in [0.2, 0.25) is 0 Å². The molecule has 0 aliphatic heterocycles. The van der Waals surface area contributed by atoms with Crippen molar-refractivity contribution in [2.75, 3.05) is 0 Å². The summed E-state index contributed by atoms with van der Waals surface area (Å²) in [5, 5.41) is 12.0. The molecule has 0 unspecified atom stereocenters. The molecule has 1 aliphatic rings. The zero-order valence-corrected chi connectivity index (χ0v) is 12.2. The number of nitrogens with one attached hydrogen (secondary N) is 1. The molecule has 0 bridgehead atoms. The Morgan fingerprint density at radius 3 is 2.71 bits per heavy atom. The van der Waals surface area contributed by atoms with Gasteiger partial charge in [-0.25, -0.2) is 9.59 Å². The maximum Gasteiger partial charge on any atom is 0.408 e. The van der Waals surface area contributed by atoms with Gasteiger partial charge in [0.25, 0.3) is 0 Å². The van der Waals surface area contributed by atoms with Crippen LogP contribution in [-0.2, 0) is 16.1 Å². The Hall–Kier alpha value is -2.04. The number of carbonyl (C=O) groups is 2. The zero-order chi connectivity index (χ0) is 15.3. The van der Waals surface area contributed by atoms with E-state index in [1.807, 2.05) is 37.3 Å². The number of hydrogen-bond acceptors (Lipinski definition) is 3. The molecular formula is C16H21NO4. The zero-order valence-electron chi connectivity index (χ0n) is 12.2. The molecule has 2 rings (SSSR count). The first kappa shape index (κ1) is 15.4. The summed E-state index contributed by atoms with van der Waals surface area (Å²) in [6.45, 7) is 2.14. The molecule has 1 amide bonds. The molecule has 1 fully saturated rings. The van der Waals surface area contributed by atoms with Crippen LogP contribution in [0.4, 0.5) is 4.79 Å². The van der Waals surface area contributed by atoms with Gasteiger partial charge in [0.1, 0.15) is 12.1 Å². The minimum Gasteiger partial charge on any atom is -0.480 e. The quantitative estimate of drug-likeness (QED) is 0.894. The van der Waals surface area contributed by atoms with E-state index in [-0.39, 0.29) is 12.5 Å². The topological polar surface area (TPSA) is 75.6 Å². The summed E-state index contributed by atoms with van der Waals surface area (Å²) >= 11 is 0. The second kappa shape index (κ2) is 6.61. The molecular weight excluding hydrogens is 270 g/mol. The summed E-state index contributed by atoms with van der Waals surface area (Å²) in [5.41, 5.74) is -0.320. The van der Waals surface area contributed by atoms with Gasteiger partial charge in [-0.1, -0.05) is 50.1 Å². The first-order valence-electron chi connectivity index (χ1n) is 7.24. The summed E-state index contributed by atoms with van der Waals surface area (Å²) in [4.78, 5) is 23.5. The van der Waals surface area contributed by atoms with Crippen molar-refractivity contribution < 1.29 is 19.4 Å². The largest absolute Gasteiger partial charge is 0.480 e. The molecule has 1 aromatic rings. The highest BCUT2D eigenvalue weighted by molar-refractivity contribution is 5.84. The van der Waals surface area contributed by atoms with E-state index in [9.17, 15) is 14.7 Å². The molecule has 2 N–H and O–H groups in total. The first-order chi connectivity index (χ1) is 10.0. The molecule has 0 spiro atoms. The highest BCUT2D eigenvalue weighted by Gasteiger charge is 2.43. The van der Waals surface area contributed by atoms with Crippen molar-refractivity contribution in [2.24, 2.45) is 5.92 Å². The summed E-state index contributed by atoms with van der Waals surface area (Å²) in [5.74, 6) is -0.699. The molecule has 0 heterocycles. The van der Waals surface area contributed by atoms with Gasteiger partial charge in [-0.15, -0.1) is 0 Å². The number of rotatable bonds is 4. The first-order valence-corrected chi connectivity index (χ1v) is 7.24. The van der Waals surface area contributed by atoms with Crippen LogP contribution in [0.25, 0.3) is 0 Å². The number of hydrogen-bond donors (Lipinski definition) is 2. The van der Waals surface area contributed by atoms with Crippen LogP contribution in [0.1, 0.15) is 38.2 Å². The van der Waals surface area contributed by atoms with Gasteiger partial charge in [-0.2, -0.15) is 0 Å². The number of ether oxygens (including phenoxy) is 1. The van der Waals surface area contributed by atoms with E-state index in [2.05, 4.69) is 5.32 Å². The van der Waals surface area contributed by atoms with Gasteiger partial charge in [-0.05, 0) is 24.3 Å². The molecule has 21 heavy (non-hydrogen) atoms. The van der Waals surface area contributed by atoms with Crippen molar-refractivity contribution >= 4 is 12.1 Å². The van der Waals surface area contributed by atoms with Crippen LogP contribution in [-0.4, -0.2) is 22.7 Å². The van der Waals surface area contributed by atoms with Crippen molar-refractivity contribution in [1.82, 2.24) is 5.32 Å². The fourth-order valence-electron chi connectivity index (χ4n) is 2.87. The molecule has 114 valence electrons. The molecule has 0 saturated heterocycles. The van der Waals surface area contributed by atoms with E-state index >= 15 is 0 Å². The molecule has 0 radical (unpaired) electrons. The van der Waals surface area contributed by atoms with Gasteiger partial charge < -0.3 is 15.2 Å². The number of aliphatic carboxylic acids is 1. The van der Waals surface area contributed by atoms with E-state index in [1.165, 1.54) is 0 Å². The minimum absolute atomic E-state index is 0.137. The van der Waals surface area contributed by atoms with Gasteiger partial charge in [0.15, 0.2) is 0 Å². The molecule has 5 heteroatoms. The van der Waals surface area contributed by atoms with Crippen LogP contribution < -0.4 is 5.32 Å². The normalized spacial score (nSPS) is 25.1. The maximum absolute atomic E-state index is 11.9. The Kier molecular flexibility index (Phi) is 4.83. The molecule has 5 nitrogen and oxygen atoms in total. The molecule has 1 saturated carbocycles. The van der Waals surface area contributed by atoms with Crippen LogP contribution in [0.3, 0.4) is 0 Å². The number of benzene rings is 1. The summed E-state index contributed by atoms with van der Waals surface area (Å²) in [6.07, 6.45) is 2.02. The average Bonchev–Trinajstić information content (AvgIpc) is 2.46. The van der Waals surface area contributed by atoms with Crippen LogP contribution in [0.5, 0.6) is 0 Å². The highest BCUT2D eigenvalue weighted by atomic mass is 16.5. The van der Waals surface area contributed by atoms with Gasteiger partial charge >= 0.3 is 12.1 Å². The lowest BCUT2D eigenvalue weighted by Gasteiger charge is -2.36. The second-order valence-electron chi connectivity index (χ2n) is 5.78. The SMILES string of the molecule is C[C@@H]1CCC[C@@](NC(=O)OCc2ccccc2)(C(=O)O)C1. The smallest absolute Gasteiger partial charge is 0.408 e. The summed E-state index contributed by atoms with van der Waals surface area (Å²) in [7, 11) is 0.